The van der Waals surface area contributed by atoms with Crippen molar-refractivity contribution in [2.45, 2.75) is 19.4 Å². The number of nitrogens with one attached hydrogen (secondary N) is 1. The molecular weight excluding hydrogens is 428 g/mol. The fraction of sp³-hybridized carbons (Fsp3) is 0.214. The lowest BCUT2D eigenvalue weighted by Gasteiger charge is -2.30. The van der Waals surface area contributed by atoms with Gasteiger partial charge in [0.15, 0.2) is 5.76 Å². The lowest BCUT2D eigenvalue weighted by Crippen LogP contribution is -2.41. The van der Waals surface area contributed by atoms with E-state index < -0.39 is 0 Å². The van der Waals surface area contributed by atoms with E-state index in [2.05, 4.69) is 11.4 Å². The highest BCUT2D eigenvalue weighted by Gasteiger charge is 2.29. The van der Waals surface area contributed by atoms with Gasteiger partial charge in [0, 0.05) is 24.7 Å². The van der Waals surface area contributed by atoms with Crippen molar-refractivity contribution in [3.05, 3.63) is 96.4 Å². The van der Waals surface area contributed by atoms with E-state index in [-0.39, 0.29) is 24.3 Å². The number of likely N-dealkylation sites (tertiary alicyclic amines) is 1. The van der Waals surface area contributed by atoms with Gasteiger partial charge in [0.2, 0.25) is 5.91 Å². The van der Waals surface area contributed by atoms with E-state index in [1.807, 2.05) is 66.7 Å². The van der Waals surface area contributed by atoms with Crippen LogP contribution in [0.2, 0.25) is 0 Å². The minimum atomic E-state index is -0.154. The van der Waals surface area contributed by atoms with Crippen molar-refractivity contribution >= 4 is 28.3 Å². The van der Waals surface area contributed by atoms with Gasteiger partial charge < -0.3 is 19.4 Å². The predicted octanol–water partition coefficient (Wildman–Crippen LogP) is 5.50. The molecule has 0 radical (unpaired) electrons. The summed E-state index contributed by atoms with van der Waals surface area (Å²) in [6, 6.07) is 26.9. The molecule has 0 bridgehead atoms. The highest BCUT2D eigenvalue weighted by Crippen LogP contribution is 2.24. The number of ether oxygens (including phenoxy) is 1. The molecule has 6 nitrogen and oxygen atoms in total. The monoisotopic (exact) mass is 454 g/mol. The van der Waals surface area contributed by atoms with Crippen molar-refractivity contribution in [1.82, 2.24) is 4.90 Å². The van der Waals surface area contributed by atoms with E-state index >= 15 is 0 Å². The van der Waals surface area contributed by atoms with Crippen molar-refractivity contribution in [2.24, 2.45) is 5.92 Å². The SMILES string of the molecule is O=C(Nc1ccccc1)C1CCN(C(=O)c2ccc(COc3ccc4ccccc4c3)o2)CC1. The van der Waals surface area contributed by atoms with E-state index in [1.54, 1.807) is 17.0 Å². The number of rotatable bonds is 6. The molecule has 6 heteroatoms. The average molecular weight is 455 g/mol. The van der Waals surface area contributed by atoms with Gasteiger partial charge in [-0.25, -0.2) is 0 Å². The van der Waals surface area contributed by atoms with Gasteiger partial charge in [-0.1, -0.05) is 48.5 Å². The van der Waals surface area contributed by atoms with Gasteiger partial charge in [0.1, 0.15) is 18.1 Å². The first-order valence-electron chi connectivity index (χ1n) is 11.5. The van der Waals surface area contributed by atoms with Gasteiger partial charge in [-0.15, -0.1) is 0 Å². The summed E-state index contributed by atoms with van der Waals surface area (Å²) in [5.41, 5.74) is 0.792. The zero-order chi connectivity index (χ0) is 23.3. The predicted molar refractivity (Wildman–Crippen MR) is 131 cm³/mol. The summed E-state index contributed by atoms with van der Waals surface area (Å²) in [5.74, 6) is 1.38. The van der Waals surface area contributed by atoms with Gasteiger partial charge in [-0.3, -0.25) is 9.59 Å². The lowest BCUT2D eigenvalue weighted by molar-refractivity contribution is -0.121. The summed E-state index contributed by atoms with van der Waals surface area (Å²) in [7, 11) is 0. The Morgan fingerprint density at radius 1 is 0.882 bits per heavy atom. The van der Waals surface area contributed by atoms with Crippen LogP contribution in [0.25, 0.3) is 10.8 Å². The molecule has 0 aliphatic carbocycles. The molecule has 172 valence electrons. The molecule has 1 aliphatic rings. The Morgan fingerprint density at radius 2 is 1.62 bits per heavy atom. The number of furan rings is 1. The number of amides is 2. The van der Waals surface area contributed by atoms with E-state index in [4.69, 9.17) is 9.15 Å². The highest BCUT2D eigenvalue weighted by molar-refractivity contribution is 5.94. The Labute approximate surface area is 198 Å². The minimum absolute atomic E-state index is 0.00410. The van der Waals surface area contributed by atoms with E-state index in [0.717, 1.165) is 22.2 Å². The molecule has 0 atom stereocenters. The molecule has 2 heterocycles. The van der Waals surface area contributed by atoms with Gasteiger partial charge in [0.05, 0.1) is 0 Å². The fourth-order valence-electron chi connectivity index (χ4n) is 4.25. The van der Waals surface area contributed by atoms with Crippen molar-refractivity contribution in [1.29, 1.82) is 0 Å². The van der Waals surface area contributed by atoms with Crippen molar-refractivity contribution in [3.8, 4) is 5.75 Å². The Kier molecular flexibility index (Phi) is 6.29. The second kappa shape index (κ2) is 9.83. The van der Waals surface area contributed by atoms with Crippen LogP contribution in [-0.4, -0.2) is 29.8 Å². The minimum Gasteiger partial charge on any atom is -0.486 e. The molecule has 0 saturated carbocycles. The van der Waals surface area contributed by atoms with Crippen molar-refractivity contribution in [2.75, 3.05) is 18.4 Å². The second-order valence-corrected chi connectivity index (χ2v) is 8.49. The van der Waals surface area contributed by atoms with Crippen LogP contribution < -0.4 is 10.1 Å². The van der Waals surface area contributed by atoms with Crippen LogP contribution in [0.3, 0.4) is 0 Å². The van der Waals surface area contributed by atoms with E-state index in [1.165, 1.54) is 0 Å². The summed E-state index contributed by atoms with van der Waals surface area (Å²) in [4.78, 5) is 27.2. The number of para-hydroxylation sites is 1. The highest BCUT2D eigenvalue weighted by atomic mass is 16.5. The number of benzene rings is 3. The molecule has 1 aromatic heterocycles. The zero-order valence-corrected chi connectivity index (χ0v) is 18.8. The molecule has 5 rings (SSSR count). The van der Waals surface area contributed by atoms with E-state index in [9.17, 15) is 9.59 Å². The first kappa shape index (κ1) is 21.8. The summed E-state index contributed by atoms with van der Waals surface area (Å²) in [6.07, 6.45) is 1.26. The average Bonchev–Trinajstić information content (AvgIpc) is 3.37. The van der Waals surface area contributed by atoms with Crippen LogP contribution in [-0.2, 0) is 11.4 Å². The Bertz CT molecular complexity index is 1290. The molecule has 1 fully saturated rings. The maximum absolute atomic E-state index is 12.9. The summed E-state index contributed by atoms with van der Waals surface area (Å²) < 4.78 is 11.6. The number of nitrogens with zero attached hydrogens (tertiary/aromatic N) is 1. The normalized spacial score (nSPS) is 14.2. The number of fused-ring (bicyclic) bond motifs is 1. The quantitative estimate of drug-likeness (QED) is 0.417. The molecule has 4 aromatic rings. The second-order valence-electron chi connectivity index (χ2n) is 8.49. The smallest absolute Gasteiger partial charge is 0.289 e. The molecule has 2 amide bonds. The van der Waals surface area contributed by atoms with Gasteiger partial charge in [0.25, 0.3) is 5.91 Å². The third kappa shape index (κ3) is 4.96. The largest absolute Gasteiger partial charge is 0.486 e. The Hall–Kier alpha value is -4.06. The molecule has 34 heavy (non-hydrogen) atoms. The Morgan fingerprint density at radius 3 is 2.41 bits per heavy atom. The lowest BCUT2D eigenvalue weighted by atomic mass is 9.95. The van der Waals surface area contributed by atoms with Crippen LogP contribution in [0, 0.1) is 5.92 Å². The molecule has 1 saturated heterocycles. The third-order valence-corrected chi connectivity index (χ3v) is 6.17. The number of carbonyl (C=O) groups excluding carboxylic acids is 2. The van der Waals surface area contributed by atoms with Crippen molar-refractivity contribution in [3.63, 3.8) is 0 Å². The van der Waals surface area contributed by atoms with Crippen LogP contribution in [0.5, 0.6) is 5.75 Å². The fourth-order valence-corrected chi connectivity index (χ4v) is 4.25. The van der Waals surface area contributed by atoms with Gasteiger partial charge >= 0.3 is 0 Å². The standard InChI is InChI=1S/C28H26N2O4/c31-27(29-23-8-2-1-3-9-23)21-14-16-30(17-15-21)28(32)26-13-12-25(34-26)19-33-24-11-10-20-6-4-5-7-22(20)18-24/h1-13,18,21H,14-17,19H2,(H,29,31). The molecule has 3 aromatic carbocycles. The number of anilines is 1. The number of hydrogen-bond acceptors (Lipinski definition) is 4. The maximum Gasteiger partial charge on any atom is 0.289 e. The van der Waals surface area contributed by atoms with Crippen LogP contribution in [0.4, 0.5) is 5.69 Å². The zero-order valence-electron chi connectivity index (χ0n) is 18.8. The van der Waals surface area contributed by atoms with E-state index in [0.29, 0.717) is 37.5 Å². The molecule has 0 unspecified atom stereocenters. The van der Waals surface area contributed by atoms with Crippen LogP contribution >= 0.6 is 0 Å². The Balaban J connectivity index is 1.13. The summed E-state index contributed by atoms with van der Waals surface area (Å²) >= 11 is 0. The number of piperidine rings is 1. The van der Waals surface area contributed by atoms with Crippen LogP contribution in [0.1, 0.15) is 29.2 Å². The van der Waals surface area contributed by atoms with Crippen LogP contribution in [0.15, 0.2) is 89.3 Å². The third-order valence-electron chi connectivity index (χ3n) is 6.17. The molecule has 0 spiro atoms. The topological polar surface area (TPSA) is 71.8 Å². The van der Waals surface area contributed by atoms with Gasteiger partial charge in [-0.05, 0) is 60.0 Å². The number of hydrogen-bond donors (Lipinski definition) is 1. The van der Waals surface area contributed by atoms with Crippen molar-refractivity contribution < 1.29 is 18.7 Å². The first-order chi connectivity index (χ1) is 16.7. The summed E-state index contributed by atoms with van der Waals surface area (Å²) in [5, 5.41) is 5.22. The molecule has 1 N–H and O–H groups in total. The molecule has 1 aliphatic heterocycles. The summed E-state index contributed by atoms with van der Waals surface area (Å²) in [6.45, 7) is 1.29. The maximum atomic E-state index is 12.9. The molecular formula is C28H26N2O4. The number of carbonyl (C=O) groups is 2. The first-order valence-corrected chi connectivity index (χ1v) is 11.5. The van der Waals surface area contributed by atoms with Gasteiger partial charge in [-0.2, -0.15) is 0 Å².